The SMILES string of the molecule is CNC(=O)c1ccc(-n2c(C(=O)N(C)C)c3c(c(O)c2=O)C(=O)N(Cc2ccc(F)c(Cl)c2)CC3)cc1. The Morgan fingerprint density at radius 1 is 1.14 bits per heavy atom. The molecule has 0 saturated heterocycles. The van der Waals surface area contributed by atoms with Crippen molar-refractivity contribution < 1.29 is 23.9 Å². The number of fused-ring (bicyclic) bond motifs is 1. The van der Waals surface area contributed by atoms with E-state index in [-0.39, 0.29) is 52.9 Å². The van der Waals surface area contributed by atoms with E-state index >= 15 is 0 Å². The van der Waals surface area contributed by atoms with E-state index in [0.29, 0.717) is 11.1 Å². The number of rotatable bonds is 5. The van der Waals surface area contributed by atoms with Crippen molar-refractivity contribution in [3.05, 3.63) is 91.6 Å². The number of pyridine rings is 1. The summed E-state index contributed by atoms with van der Waals surface area (Å²) in [6.07, 6.45) is 0.176. The van der Waals surface area contributed by atoms with Gasteiger partial charge in [-0.25, -0.2) is 4.39 Å². The summed E-state index contributed by atoms with van der Waals surface area (Å²) in [5, 5.41) is 13.3. The third-order valence-corrected chi connectivity index (χ3v) is 6.46. The highest BCUT2D eigenvalue weighted by molar-refractivity contribution is 6.30. The van der Waals surface area contributed by atoms with Gasteiger partial charge in [0.15, 0.2) is 5.75 Å². The van der Waals surface area contributed by atoms with Crippen molar-refractivity contribution in [3.8, 4) is 11.4 Å². The van der Waals surface area contributed by atoms with Crippen LogP contribution in [-0.4, -0.2) is 64.9 Å². The first-order valence-corrected chi connectivity index (χ1v) is 11.7. The van der Waals surface area contributed by atoms with Crippen LogP contribution in [-0.2, 0) is 13.0 Å². The average molecular weight is 527 g/mol. The fraction of sp³-hybridized carbons (Fsp3) is 0.231. The van der Waals surface area contributed by atoms with Gasteiger partial charge in [0, 0.05) is 51.0 Å². The zero-order chi connectivity index (χ0) is 27.0. The lowest BCUT2D eigenvalue weighted by Crippen LogP contribution is -2.42. The molecule has 3 amide bonds. The molecule has 2 N–H and O–H groups in total. The van der Waals surface area contributed by atoms with Crippen LogP contribution in [0.15, 0.2) is 47.3 Å². The third kappa shape index (κ3) is 4.67. The summed E-state index contributed by atoms with van der Waals surface area (Å²) >= 11 is 5.86. The highest BCUT2D eigenvalue weighted by Gasteiger charge is 2.35. The van der Waals surface area contributed by atoms with Crippen LogP contribution in [0.4, 0.5) is 4.39 Å². The Morgan fingerprint density at radius 2 is 1.81 bits per heavy atom. The number of carbonyl (C=O) groups is 3. The van der Waals surface area contributed by atoms with Crippen LogP contribution in [0.1, 0.15) is 42.3 Å². The van der Waals surface area contributed by atoms with Crippen LogP contribution in [0, 0.1) is 5.82 Å². The van der Waals surface area contributed by atoms with Gasteiger partial charge in [-0.1, -0.05) is 17.7 Å². The standard InChI is InChI=1S/C26H24ClFN4O5/c1-29-23(34)15-5-7-16(8-6-15)32-21(25(36)30(2)3)17-10-11-31(24(35)20(17)22(33)26(32)37)13-14-4-9-19(28)18(27)12-14/h4-9,12,33H,10-11,13H2,1-3H3,(H,29,34). The van der Waals surface area contributed by atoms with E-state index in [1.807, 2.05) is 0 Å². The predicted octanol–water partition coefficient (Wildman–Crippen LogP) is 2.60. The largest absolute Gasteiger partial charge is 0.502 e. The molecule has 0 unspecified atom stereocenters. The Bertz CT molecular complexity index is 1480. The van der Waals surface area contributed by atoms with Gasteiger partial charge in [0.05, 0.1) is 10.6 Å². The predicted molar refractivity (Wildman–Crippen MR) is 135 cm³/mol. The van der Waals surface area contributed by atoms with Crippen LogP contribution in [0.2, 0.25) is 5.02 Å². The van der Waals surface area contributed by atoms with Gasteiger partial charge in [0.25, 0.3) is 23.3 Å². The molecule has 1 aliphatic rings. The van der Waals surface area contributed by atoms with Crippen LogP contribution >= 0.6 is 11.6 Å². The third-order valence-electron chi connectivity index (χ3n) is 6.17. The van der Waals surface area contributed by atoms with E-state index in [9.17, 15) is 28.7 Å². The highest BCUT2D eigenvalue weighted by atomic mass is 35.5. The number of aromatic hydroxyl groups is 1. The molecule has 0 saturated carbocycles. The lowest BCUT2D eigenvalue weighted by atomic mass is 9.95. The van der Waals surface area contributed by atoms with Crippen molar-refractivity contribution in [1.82, 2.24) is 19.7 Å². The van der Waals surface area contributed by atoms with Gasteiger partial charge >= 0.3 is 0 Å². The summed E-state index contributed by atoms with van der Waals surface area (Å²) in [5.41, 5.74) is 0.157. The molecule has 11 heteroatoms. The molecule has 0 aliphatic carbocycles. The lowest BCUT2D eigenvalue weighted by molar-refractivity contribution is 0.0720. The van der Waals surface area contributed by atoms with E-state index in [4.69, 9.17) is 11.6 Å². The van der Waals surface area contributed by atoms with Crippen molar-refractivity contribution in [2.24, 2.45) is 0 Å². The molecule has 2 aromatic carbocycles. The number of aromatic nitrogens is 1. The molecule has 192 valence electrons. The van der Waals surface area contributed by atoms with Crippen LogP contribution in [0.5, 0.6) is 5.75 Å². The molecule has 1 aliphatic heterocycles. The van der Waals surface area contributed by atoms with E-state index in [0.717, 1.165) is 4.57 Å². The summed E-state index contributed by atoms with van der Waals surface area (Å²) < 4.78 is 14.6. The zero-order valence-corrected chi connectivity index (χ0v) is 21.1. The van der Waals surface area contributed by atoms with Gasteiger partial charge in [-0.15, -0.1) is 0 Å². The first kappa shape index (κ1) is 25.9. The smallest absolute Gasteiger partial charge is 0.298 e. The number of benzene rings is 2. The number of nitrogens with zero attached hydrogens (tertiary/aromatic N) is 3. The summed E-state index contributed by atoms with van der Waals surface area (Å²) in [6, 6.07) is 10.0. The molecule has 0 atom stereocenters. The van der Waals surface area contributed by atoms with Gasteiger partial charge in [0.2, 0.25) is 0 Å². The Kier molecular flexibility index (Phi) is 7.04. The number of hydrogen-bond acceptors (Lipinski definition) is 5. The van der Waals surface area contributed by atoms with Crippen LogP contribution in [0.25, 0.3) is 5.69 Å². The Morgan fingerprint density at radius 3 is 2.41 bits per heavy atom. The van der Waals surface area contributed by atoms with E-state index in [1.165, 1.54) is 73.4 Å². The van der Waals surface area contributed by atoms with Crippen molar-refractivity contribution in [2.75, 3.05) is 27.7 Å². The van der Waals surface area contributed by atoms with Gasteiger partial charge in [-0.2, -0.15) is 0 Å². The molecule has 0 radical (unpaired) electrons. The quantitative estimate of drug-likeness (QED) is 0.531. The molecule has 0 bridgehead atoms. The second-order valence-corrected chi connectivity index (χ2v) is 9.15. The van der Waals surface area contributed by atoms with Crippen molar-refractivity contribution in [2.45, 2.75) is 13.0 Å². The van der Waals surface area contributed by atoms with Crippen molar-refractivity contribution in [1.29, 1.82) is 0 Å². The van der Waals surface area contributed by atoms with Crippen molar-refractivity contribution in [3.63, 3.8) is 0 Å². The minimum atomic E-state index is -0.948. The maximum atomic E-state index is 13.6. The molecule has 2 heterocycles. The fourth-order valence-corrected chi connectivity index (χ4v) is 4.49. The Labute approximate surface area is 216 Å². The molecule has 0 spiro atoms. The normalized spacial score (nSPS) is 12.8. The minimum absolute atomic E-state index is 0.0479. The Balaban J connectivity index is 1.85. The second kappa shape index (κ2) is 10.1. The number of hydrogen-bond donors (Lipinski definition) is 2. The molecule has 0 fully saturated rings. The van der Waals surface area contributed by atoms with Gasteiger partial charge in [-0.3, -0.25) is 23.7 Å². The van der Waals surface area contributed by atoms with Crippen LogP contribution < -0.4 is 10.9 Å². The summed E-state index contributed by atoms with van der Waals surface area (Å²) in [6.45, 7) is 0.250. The number of halogens is 2. The molecular weight excluding hydrogens is 503 g/mol. The second-order valence-electron chi connectivity index (χ2n) is 8.74. The number of amides is 3. The molecule has 4 rings (SSSR count). The molecule has 9 nitrogen and oxygen atoms in total. The number of carbonyl (C=O) groups excluding carboxylic acids is 3. The highest BCUT2D eigenvalue weighted by Crippen LogP contribution is 2.31. The minimum Gasteiger partial charge on any atom is -0.502 e. The van der Waals surface area contributed by atoms with E-state index in [2.05, 4.69) is 5.32 Å². The van der Waals surface area contributed by atoms with Gasteiger partial charge in [0.1, 0.15) is 11.5 Å². The lowest BCUT2D eigenvalue weighted by Gasteiger charge is -2.31. The molecule has 37 heavy (non-hydrogen) atoms. The van der Waals surface area contributed by atoms with Gasteiger partial charge in [-0.05, 0) is 48.4 Å². The first-order chi connectivity index (χ1) is 17.5. The Hall–Kier alpha value is -4.18. The molecular formula is C26H24ClFN4O5. The average Bonchev–Trinajstić information content (AvgIpc) is 2.88. The summed E-state index contributed by atoms with van der Waals surface area (Å²) in [7, 11) is 4.52. The van der Waals surface area contributed by atoms with Crippen molar-refractivity contribution >= 4 is 29.3 Å². The fourth-order valence-electron chi connectivity index (χ4n) is 4.29. The van der Waals surface area contributed by atoms with Gasteiger partial charge < -0.3 is 20.2 Å². The molecule has 1 aromatic heterocycles. The monoisotopic (exact) mass is 526 g/mol. The van der Waals surface area contributed by atoms with E-state index < -0.39 is 28.9 Å². The zero-order valence-electron chi connectivity index (χ0n) is 20.3. The summed E-state index contributed by atoms with van der Waals surface area (Å²) in [4.78, 5) is 54.7. The maximum absolute atomic E-state index is 13.6. The van der Waals surface area contributed by atoms with Crippen LogP contribution in [0.3, 0.4) is 0 Å². The molecule has 3 aromatic rings. The first-order valence-electron chi connectivity index (χ1n) is 11.3. The maximum Gasteiger partial charge on any atom is 0.298 e. The topological polar surface area (TPSA) is 112 Å². The number of nitrogens with one attached hydrogen (secondary N) is 1. The van der Waals surface area contributed by atoms with E-state index in [1.54, 1.807) is 0 Å². The summed E-state index contributed by atoms with van der Waals surface area (Å²) in [5.74, 6) is -2.87.